The van der Waals surface area contributed by atoms with Gasteiger partial charge < -0.3 is 14.2 Å². The largest absolute Gasteiger partial charge is 0.496 e. The van der Waals surface area contributed by atoms with E-state index in [9.17, 15) is 9.59 Å². The first-order valence-corrected chi connectivity index (χ1v) is 9.98. The average Bonchev–Trinajstić information content (AvgIpc) is 3.20. The number of fused-ring (bicyclic) bond motifs is 1. The Kier molecular flexibility index (Phi) is 5.08. The van der Waals surface area contributed by atoms with Crippen LogP contribution in [0.2, 0.25) is 5.02 Å². The number of rotatable bonds is 3. The van der Waals surface area contributed by atoms with Crippen molar-refractivity contribution < 1.29 is 9.53 Å². The third kappa shape index (κ3) is 3.40. The zero-order valence-corrected chi connectivity index (χ0v) is 17.4. The molecule has 3 aromatic rings. The van der Waals surface area contributed by atoms with Gasteiger partial charge in [0.05, 0.1) is 18.3 Å². The lowest BCUT2D eigenvalue weighted by atomic mass is 9.97. The smallest absolute Gasteiger partial charge is 0.276 e. The Morgan fingerprint density at radius 2 is 2.03 bits per heavy atom. The second-order valence-electron chi connectivity index (χ2n) is 7.63. The summed E-state index contributed by atoms with van der Waals surface area (Å²) in [6, 6.07) is 3.54. The van der Waals surface area contributed by atoms with Crippen molar-refractivity contribution >= 4 is 28.4 Å². The highest BCUT2D eigenvalue weighted by Crippen LogP contribution is 2.36. The van der Waals surface area contributed by atoms with Gasteiger partial charge in [-0.2, -0.15) is 5.10 Å². The van der Waals surface area contributed by atoms with Crippen molar-refractivity contribution in [1.82, 2.24) is 19.7 Å². The van der Waals surface area contributed by atoms with Gasteiger partial charge in [-0.1, -0.05) is 18.5 Å². The number of methoxy groups -OCH3 is 1. The van der Waals surface area contributed by atoms with E-state index in [1.54, 1.807) is 31.6 Å². The number of benzene rings is 1. The number of pyridine rings is 1. The zero-order chi connectivity index (χ0) is 20.7. The number of aromatic amines is 1. The first-order chi connectivity index (χ1) is 13.9. The molecule has 0 aliphatic carbocycles. The topological polar surface area (TPSA) is 80.2 Å². The van der Waals surface area contributed by atoms with Crippen LogP contribution in [-0.4, -0.2) is 45.8 Å². The van der Waals surface area contributed by atoms with Gasteiger partial charge in [0.25, 0.3) is 11.5 Å². The molecule has 0 bridgehead atoms. The van der Waals surface area contributed by atoms with E-state index in [1.807, 2.05) is 4.90 Å². The molecule has 8 heteroatoms. The number of carbonyl (C=O) groups excluding carboxylic acids is 1. The number of piperidine rings is 1. The molecule has 1 aliphatic rings. The highest BCUT2D eigenvalue weighted by atomic mass is 35.5. The summed E-state index contributed by atoms with van der Waals surface area (Å²) in [4.78, 5) is 27.3. The SMILES string of the molecule is COc1cc(-c2cn(C)c(=O)c3[nH]ncc23)cc(Cl)c1C(=O)N1CCC(C)CC1. The zero-order valence-electron chi connectivity index (χ0n) is 16.7. The molecule has 1 saturated heterocycles. The Balaban J connectivity index is 1.80. The van der Waals surface area contributed by atoms with Crippen LogP contribution in [0.4, 0.5) is 0 Å². The van der Waals surface area contributed by atoms with Gasteiger partial charge in [-0.15, -0.1) is 0 Å². The minimum absolute atomic E-state index is 0.112. The second-order valence-corrected chi connectivity index (χ2v) is 8.03. The number of aromatic nitrogens is 3. The van der Waals surface area contributed by atoms with Crippen LogP contribution in [0.3, 0.4) is 0 Å². The molecule has 0 radical (unpaired) electrons. The van der Waals surface area contributed by atoms with Crippen LogP contribution >= 0.6 is 11.6 Å². The lowest BCUT2D eigenvalue weighted by Crippen LogP contribution is -2.38. The van der Waals surface area contributed by atoms with Crippen LogP contribution < -0.4 is 10.3 Å². The number of aryl methyl sites for hydroxylation is 1. The second kappa shape index (κ2) is 7.55. The molecule has 7 nitrogen and oxygen atoms in total. The van der Waals surface area contributed by atoms with Crippen LogP contribution in [0.25, 0.3) is 22.0 Å². The van der Waals surface area contributed by atoms with Crippen molar-refractivity contribution in [3.8, 4) is 16.9 Å². The van der Waals surface area contributed by atoms with Crippen LogP contribution in [0.1, 0.15) is 30.1 Å². The molecule has 4 rings (SSSR count). The molecule has 0 atom stereocenters. The number of likely N-dealkylation sites (tertiary alicyclic amines) is 1. The van der Waals surface area contributed by atoms with E-state index in [-0.39, 0.29) is 11.5 Å². The monoisotopic (exact) mass is 414 g/mol. The van der Waals surface area contributed by atoms with E-state index in [0.29, 0.717) is 33.2 Å². The highest BCUT2D eigenvalue weighted by Gasteiger charge is 2.27. The number of H-pyrrole nitrogens is 1. The van der Waals surface area contributed by atoms with Crippen LogP contribution in [0.15, 0.2) is 29.3 Å². The number of halogens is 1. The number of hydrogen-bond donors (Lipinski definition) is 1. The lowest BCUT2D eigenvalue weighted by molar-refractivity contribution is 0.0694. The number of carbonyl (C=O) groups is 1. The van der Waals surface area contributed by atoms with E-state index in [0.717, 1.165) is 37.1 Å². The van der Waals surface area contributed by atoms with Crippen molar-refractivity contribution in [3.05, 3.63) is 45.5 Å². The van der Waals surface area contributed by atoms with E-state index < -0.39 is 0 Å². The third-order valence-electron chi connectivity index (χ3n) is 5.66. The van der Waals surface area contributed by atoms with Crippen LogP contribution in [-0.2, 0) is 7.05 Å². The molecule has 1 aromatic carbocycles. The van der Waals surface area contributed by atoms with Crippen LogP contribution in [0.5, 0.6) is 5.75 Å². The van der Waals surface area contributed by atoms with Crippen LogP contribution in [0, 0.1) is 5.92 Å². The summed E-state index contributed by atoms with van der Waals surface area (Å²) in [7, 11) is 3.21. The molecule has 0 spiro atoms. The molecule has 1 amide bonds. The fourth-order valence-corrected chi connectivity index (χ4v) is 4.15. The number of nitrogens with one attached hydrogen (secondary N) is 1. The van der Waals surface area contributed by atoms with Crippen molar-refractivity contribution in [1.29, 1.82) is 0 Å². The summed E-state index contributed by atoms with van der Waals surface area (Å²) in [5, 5.41) is 7.77. The van der Waals surface area contributed by atoms with Gasteiger partial charge in [0.2, 0.25) is 0 Å². The lowest BCUT2D eigenvalue weighted by Gasteiger charge is -2.31. The maximum Gasteiger partial charge on any atom is 0.276 e. The third-order valence-corrected chi connectivity index (χ3v) is 5.95. The van der Waals surface area contributed by atoms with Crippen molar-refractivity contribution in [2.45, 2.75) is 19.8 Å². The fourth-order valence-electron chi connectivity index (χ4n) is 3.86. The summed E-state index contributed by atoms with van der Waals surface area (Å²) in [5.74, 6) is 0.932. The maximum atomic E-state index is 13.1. The summed E-state index contributed by atoms with van der Waals surface area (Å²) in [6.07, 6.45) is 5.32. The van der Waals surface area contributed by atoms with Gasteiger partial charge >= 0.3 is 0 Å². The standard InChI is InChI=1S/C21H23ClN4O3/c1-12-4-6-26(7-5-12)20(27)18-16(22)8-13(9-17(18)29-3)15-11-25(2)21(28)19-14(15)10-23-24-19/h8-12H,4-7H2,1-3H3,(H,23,24). The normalized spacial score (nSPS) is 15.1. The first kappa shape index (κ1) is 19.5. The molecule has 1 fully saturated rings. The quantitative estimate of drug-likeness (QED) is 0.711. The van der Waals surface area contributed by atoms with E-state index in [4.69, 9.17) is 16.3 Å². The van der Waals surface area contributed by atoms with Gasteiger partial charge in [0, 0.05) is 37.3 Å². The predicted octanol–water partition coefficient (Wildman–Crippen LogP) is 3.46. The number of hydrogen-bond acceptors (Lipinski definition) is 4. The van der Waals surface area contributed by atoms with E-state index >= 15 is 0 Å². The summed E-state index contributed by atoms with van der Waals surface area (Å²) in [6.45, 7) is 3.64. The van der Waals surface area contributed by atoms with E-state index in [1.165, 1.54) is 11.7 Å². The summed E-state index contributed by atoms with van der Waals surface area (Å²) < 4.78 is 7.04. The average molecular weight is 415 g/mol. The van der Waals surface area contributed by atoms with Gasteiger partial charge in [0.15, 0.2) is 0 Å². The van der Waals surface area contributed by atoms with Gasteiger partial charge in [-0.05, 0) is 36.5 Å². The molecule has 0 saturated carbocycles. The molecule has 1 aliphatic heterocycles. The Labute approximate surface area is 173 Å². The molecular weight excluding hydrogens is 392 g/mol. The van der Waals surface area contributed by atoms with Gasteiger partial charge in [-0.3, -0.25) is 14.7 Å². The molecule has 1 N–H and O–H groups in total. The Hall–Kier alpha value is -2.80. The van der Waals surface area contributed by atoms with Gasteiger partial charge in [0.1, 0.15) is 16.8 Å². The molecule has 29 heavy (non-hydrogen) atoms. The number of nitrogens with zero attached hydrogens (tertiary/aromatic N) is 3. The minimum Gasteiger partial charge on any atom is -0.496 e. The Bertz CT molecular complexity index is 1140. The van der Waals surface area contributed by atoms with Crippen molar-refractivity contribution in [2.24, 2.45) is 13.0 Å². The number of ether oxygens (including phenoxy) is 1. The molecule has 0 unspecified atom stereocenters. The van der Waals surface area contributed by atoms with Gasteiger partial charge in [-0.25, -0.2) is 0 Å². The Morgan fingerprint density at radius 1 is 1.31 bits per heavy atom. The molecule has 152 valence electrons. The molecular formula is C21H23ClN4O3. The highest BCUT2D eigenvalue weighted by molar-refractivity contribution is 6.34. The van der Waals surface area contributed by atoms with E-state index in [2.05, 4.69) is 17.1 Å². The minimum atomic E-state index is -0.162. The molecule has 3 heterocycles. The Morgan fingerprint density at radius 3 is 2.72 bits per heavy atom. The first-order valence-electron chi connectivity index (χ1n) is 9.60. The predicted molar refractivity (Wildman–Crippen MR) is 113 cm³/mol. The van der Waals surface area contributed by atoms with Crippen molar-refractivity contribution in [2.75, 3.05) is 20.2 Å². The fraction of sp³-hybridized carbons (Fsp3) is 0.381. The maximum absolute atomic E-state index is 13.1. The number of amides is 1. The molecule has 2 aromatic heterocycles. The van der Waals surface area contributed by atoms with Crippen molar-refractivity contribution in [3.63, 3.8) is 0 Å². The summed E-state index contributed by atoms with van der Waals surface area (Å²) >= 11 is 6.58. The summed E-state index contributed by atoms with van der Waals surface area (Å²) in [5.41, 5.74) is 2.16.